The topological polar surface area (TPSA) is 35.0 Å². The first-order valence-corrected chi connectivity index (χ1v) is 4.77. The van der Waals surface area contributed by atoms with Gasteiger partial charge in [-0.05, 0) is 20.3 Å². The average Bonchev–Trinajstić information content (AvgIpc) is 2.14. The lowest BCUT2D eigenvalue weighted by Crippen LogP contribution is -2.02. The van der Waals surface area contributed by atoms with Crippen LogP contribution >= 0.6 is 11.6 Å². The monoisotopic (exact) mass is 212 g/mol. The lowest BCUT2D eigenvalue weighted by Gasteiger charge is -2.07. The van der Waals surface area contributed by atoms with Crippen LogP contribution in [0.4, 0.5) is 0 Å². The summed E-state index contributed by atoms with van der Waals surface area (Å²) in [5.41, 5.74) is 1.66. The summed E-state index contributed by atoms with van der Waals surface area (Å²) in [6.07, 6.45) is 2.55. The van der Waals surface area contributed by atoms with Gasteiger partial charge < -0.3 is 4.74 Å². The van der Waals surface area contributed by atoms with Crippen molar-refractivity contribution in [2.45, 2.75) is 20.3 Å². The highest BCUT2D eigenvalue weighted by Gasteiger charge is 2.07. The van der Waals surface area contributed by atoms with E-state index in [0.717, 1.165) is 17.8 Å². The van der Waals surface area contributed by atoms with E-state index in [1.54, 1.807) is 6.08 Å². The molecule has 0 spiro atoms. The summed E-state index contributed by atoms with van der Waals surface area (Å²) < 4.78 is 5.34. The number of aryl methyl sites for hydroxylation is 2. The molecule has 14 heavy (non-hydrogen) atoms. The minimum Gasteiger partial charge on any atom is -0.475 e. The zero-order chi connectivity index (χ0) is 10.6. The van der Waals surface area contributed by atoms with Crippen molar-refractivity contribution in [2.24, 2.45) is 0 Å². The quantitative estimate of drug-likeness (QED) is 0.569. The minimum absolute atomic E-state index is 0.317. The van der Waals surface area contributed by atoms with Gasteiger partial charge in [0.05, 0.1) is 18.0 Å². The molecule has 3 nitrogen and oxygen atoms in total. The standard InChI is InChI=1S/C10H13ClN2O/c1-4-5-6-14-10-9(11)12-7(2)8(3)13-10/h4H,1,5-6H2,2-3H3. The predicted molar refractivity (Wildman–Crippen MR) is 56.8 cm³/mol. The number of ether oxygens (including phenoxy) is 1. The Morgan fingerprint density at radius 2 is 2.00 bits per heavy atom. The SMILES string of the molecule is C=CCCOc1nc(C)c(C)nc1Cl. The first-order valence-electron chi connectivity index (χ1n) is 4.39. The highest BCUT2D eigenvalue weighted by atomic mass is 35.5. The molecule has 0 saturated heterocycles. The van der Waals surface area contributed by atoms with Gasteiger partial charge in [0.2, 0.25) is 0 Å². The smallest absolute Gasteiger partial charge is 0.252 e. The predicted octanol–water partition coefficient (Wildman–Crippen LogP) is 2.70. The van der Waals surface area contributed by atoms with Crippen molar-refractivity contribution >= 4 is 11.6 Å². The molecule has 0 N–H and O–H groups in total. The van der Waals surface area contributed by atoms with Gasteiger partial charge in [0, 0.05) is 0 Å². The van der Waals surface area contributed by atoms with Gasteiger partial charge in [-0.25, -0.2) is 9.97 Å². The molecule has 0 aromatic carbocycles. The molecular formula is C10H13ClN2O. The van der Waals surface area contributed by atoms with Crippen LogP contribution in [0.25, 0.3) is 0 Å². The van der Waals surface area contributed by atoms with Gasteiger partial charge in [-0.2, -0.15) is 0 Å². The summed E-state index contributed by atoms with van der Waals surface area (Å²) in [5, 5.41) is 0.317. The van der Waals surface area contributed by atoms with Gasteiger partial charge in [-0.15, -0.1) is 6.58 Å². The first kappa shape index (κ1) is 11.0. The van der Waals surface area contributed by atoms with E-state index in [2.05, 4.69) is 16.5 Å². The van der Waals surface area contributed by atoms with Crippen molar-refractivity contribution in [3.05, 3.63) is 29.2 Å². The summed E-state index contributed by atoms with van der Waals surface area (Å²) in [7, 11) is 0. The Kier molecular flexibility index (Phi) is 3.89. The van der Waals surface area contributed by atoms with Crippen molar-refractivity contribution in [3.8, 4) is 5.88 Å². The molecule has 0 amide bonds. The third-order valence-electron chi connectivity index (χ3n) is 1.80. The normalized spacial score (nSPS) is 9.93. The fourth-order valence-electron chi connectivity index (χ4n) is 0.886. The molecule has 0 radical (unpaired) electrons. The Morgan fingerprint density at radius 3 is 2.64 bits per heavy atom. The van der Waals surface area contributed by atoms with Gasteiger partial charge in [-0.1, -0.05) is 17.7 Å². The lowest BCUT2D eigenvalue weighted by molar-refractivity contribution is 0.310. The molecule has 1 heterocycles. The first-order chi connectivity index (χ1) is 6.65. The van der Waals surface area contributed by atoms with Gasteiger partial charge in [0.1, 0.15) is 0 Å². The molecule has 1 aromatic heterocycles. The summed E-state index contributed by atoms with van der Waals surface area (Å²) in [6, 6.07) is 0. The van der Waals surface area contributed by atoms with Gasteiger partial charge >= 0.3 is 0 Å². The van der Waals surface area contributed by atoms with Crippen LogP contribution in [-0.2, 0) is 0 Å². The van der Waals surface area contributed by atoms with Crippen LogP contribution in [0.15, 0.2) is 12.7 Å². The second-order valence-corrected chi connectivity index (χ2v) is 3.27. The van der Waals surface area contributed by atoms with E-state index in [0.29, 0.717) is 17.6 Å². The molecule has 4 heteroatoms. The summed E-state index contributed by atoms with van der Waals surface area (Å²) in [6.45, 7) is 7.86. The highest BCUT2D eigenvalue weighted by molar-refractivity contribution is 6.30. The Morgan fingerprint density at radius 1 is 1.36 bits per heavy atom. The number of hydrogen-bond donors (Lipinski definition) is 0. The molecule has 1 rings (SSSR count). The van der Waals surface area contributed by atoms with Crippen molar-refractivity contribution in [3.63, 3.8) is 0 Å². The maximum absolute atomic E-state index is 5.86. The van der Waals surface area contributed by atoms with Crippen LogP contribution in [0.3, 0.4) is 0 Å². The Bertz CT molecular complexity index is 339. The summed E-state index contributed by atoms with van der Waals surface area (Å²) in [4.78, 5) is 8.30. The van der Waals surface area contributed by atoms with E-state index in [1.165, 1.54) is 0 Å². The molecule has 1 aromatic rings. The number of aromatic nitrogens is 2. The van der Waals surface area contributed by atoms with E-state index in [9.17, 15) is 0 Å². The lowest BCUT2D eigenvalue weighted by atomic mass is 10.3. The van der Waals surface area contributed by atoms with Crippen molar-refractivity contribution in [1.82, 2.24) is 9.97 Å². The van der Waals surface area contributed by atoms with Crippen LogP contribution in [0.2, 0.25) is 5.15 Å². The fourth-order valence-corrected chi connectivity index (χ4v) is 1.11. The van der Waals surface area contributed by atoms with Gasteiger partial charge in [-0.3, -0.25) is 0 Å². The Balaban J connectivity index is 2.76. The van der Waals surface area contributed by atoms with Crippen LogP contribution in [0, 0.1) is 13.8 Å². The number of halogens is 1. The molecule has 0 fully saturated rings. The fraction of sp³-hybridized carbons (Fsp3) is 0.400. The van der Waals surface area contributed by atoms with E-state index in [-0.39, 0.29) is 0 Å². The third kappa shape index (κ3) is 2.70. The van der Waals surface area contributed by atoms with E-state index in [4.69, 9.17) is 16.3 Å². The molecule has 0 atom stereocenters. The summed E-state index contributed by atoms with van der Waals surface area (Å²) >= 11 is 5.86. The molecule has 0 saturated carbocycles. The van der Waals surface area contributed by atoms with E-state index < -0.39 is 0 Å². The Hall–Kier alpha value is -1.09. The van der Waals surface area contributed by atoms with Crippen LogP contribution in [-0.4, -0.2) is 16.6 Å². The second kappa shape index (κ2) is 4.96. The van der Waals surface area contributed by atoms with Crippen molar-refractivity contribution in [2.75, 3.05) is 6.61 Å². The van der Waals surface area contributed by atoms with Crippen LogP contribution in [0.5, 0.6) is 5.88 Å². The average molecular weight is 213 g/mol. The number of rotatable bonds is 4. The Labute approximate surface area is 88.8 Å². The second-order valence-electron chi connectivity index (χ2n) is 2.92. The molecule has 76 valence electrons. The largest absolute Gasteiger partial charge is 0.475 e. The zero-order valence-electron chi connectivity index (χ0n) is 8.38. The van der Waals surface area contributed by atoms with Gasteiger partial charge in [0.15, 0.2) is 5.15 Å². The molecule has 0 unspecified atom stereocenters. The van der Waals surface area contributed by atoms with E-state index in [1.807, 2.05) is 13.8 Å². The molecular weight excluding hydrogens is 200 g/mol. The summed E-state index contributed by atoms with van der Waals surface area (Å²) in [5.74, 6) is 0.400. The van der Waals surface area contributed by atoms with Crippen LogP contribution < -0.4 is 4.74 Å². The maximum Gasteiger partial charge on any atom is 0.252 e. The van der Waals surface area contributed by atoms with Crippen LogP contribution in [0.1, 0.15) is 17.8 Å². The zero-order valence-corrected chi connectivity index (χ0v) is 9.14. The number of nitrogens with zero attached hydrogens (tertiary/aromatic N) is 2. The highest BCUT2D eigenvalue weighted by Crippen LogP contribution is 2.20. The van der Waals surface area contributed by atoms with E-state index >= 15 is 0 Å². The minimum atomic E-state index is 0.317. The third-order valence-corrected chi connectivity index (χ3v) is 2.04. The van der Waals surface area contributed by atoms with Gasteiger partial charge in [0.25, 0.3) is 5.88 Å². The maximum atomic E-state index is 5.86. The molecule has 0 bridgehead atoms. The van der Waals surface area contributed by atoms with Crippen molar-refractivity contribution in [1.29, 1.82) is 0 Å². The van der Waals surface area contributed by atoms with Crippen molar-refractivity contribution < 1.29 is 4.74 Å². The number of hydrogen-bond acceptors (Lipinski definition) is 3. The molecule has 0 aliphatic rings. The molecule has 0 aliphatic carbocycles. The molecule has 0 aliphatic heterocycles.